The predicted octanol–water partition coefficient (Wildman–Crippen LogP) is 4.19. The summed E-state index contributed by atoms with van der Waals surface area (Å²) in [5.41, 5.74) is 0. The minimum Gasteiger partial charge on any atom is -0.495 e. The lowest BCUT2D eigenvalue weighted by atomic mass is 10.7. The fourth-order valence-corrected chi connectivity index (χ4v) is 13.5. The molecule has 0 saturated heterocycles. The quantitative estimate of drug-likeness (QED) is 0.405. The maximum atomic E-state index is 6.43. The topological polar surface area (TPSA) is 46.2 Å². The average molecular weight is 367 g/mol. The van der Waals surface area contributed by atoms with E-state index in [4.69, 9.17) is 22.1 Å². The van der Waals surface area contributed by atoms with Crippen molar-refractivity contribution in [3.05, 3.63) is 12.0 Å². The van der Waals surface area contributed by atoms with Crippen LogP contribution in [0.1, 0.15) is 13.8 Å². The zero-order valence-electron chi connectivity index (χ0n) is 15.7. The first-order valence-corrected chi connectivity index (χ1v) is 16.3. The zero-order chi connectivity index (χ0) is 17.4. The summed E-state index contributed by atoms with van der Waals surface area (Å²) in [6.07, 6.45) is 1.84. The molecule has 5 nitrogen and oxygen atoms in total. The third-order valence-corrected chi connectivity index (χ3v) is 13.1. The van der Waals surface area contributed by atoms with E-state index in [9.17, 15) is 0 Å². The van der Waals surface area contributed by atoms with Gasteiger partial charge in [0.25, 0.3) is 5.95 Å². The van der Waals surface area contributed by atoms with Gasteiger partial charge < -0.3 is 22.1 Å². The van der Waals surface area contributed by atoms with Crippen molar-refractivity contribution in [3.8, 4) is 0 Å². The molecule has 0 N–H and O–H groups in total. The minimum atomic E-state index is -2.27. The van der Waals surface area contributed by atoms with Crippen LogP contribution in [0.5, 0.6) is 0 Å². The van der Waals surface area contributed by atoms with Gasteiger partial charge >= 0.3 is 17.1 Å². The summed E-state index contributed by atoms with van der Waals surface area (Å²) in [6.45, 7) is 15.1. The van der Waals surface area contributed by atoms with Crippen molar-refractivity contribution in [1.29, 1.82) is 0 Å². The average Bonchev–Trinajstić information content (AvgIpc) is 2.43. The van der Waals surface area contributed by atoms with Crippen LogP contribution in [0.25, 0.3) is 0 Å². The summed E-state index contributed by atoms with van der Waals surface area (Å²) in [5, 5.41) is 0. The molecule has 132 valence electrons. The molecule has 0 bridgehead atoms. The van der Waals surface area contributed by atoms with Crippen molar-refractivity contribution in [2.24, 2.45) is 0 Å². The van der Waals surface area contributed by atoms with Crippen molar-refractivity contribution in [1.82, 2.24) is 0 Å². The minimum absolute atomic E-state index is 0.567. The smallest absolute Gasteiger partial charge is 0.385 e. The second-order valence-corrected chi connectivity index (χ2v) is 17.9. The summed E-state index contributed by atoms with van der Waals surface area (Å²) >= 11 is 0. The van der Waals surface area contributed by atoms with Crippen molar-refractivity contribution in [3.63, 3.8) is 0 Å². The van der Waals surface area contributed by atoms with Crippen molar-refractivity contribution >= 4 is 25.4 Å². The number of rotatable bonds is 11. The van der Waals surface area contributed by atoms with E-state index in [-0.39, 0.29) is 0 Å². The van der Waals surface area contributed by atoms with Gasteiger partial charge in [-0.15, -0.1) is 0 Å². The maximum absolute atomic E-state index is 6.43. The number of hydrogen-bond acceptors (Lipinski definition) is 5. The molecule has 0 aromatic heterocycles. The molecule has 0 rings (SSSR count). The number of ether oxygens (including phenoxy) is 1. The highest BCUT2D eigenvalue weighted by molar-refractivity contribution is 6.83. The highest BCUT2D eigenvalue weighted by Gasteiger charge is 2.39. The Bertz CT molecular complexity index is 354. The Labute approximate surface area is 139 Å². The van der Waals surface area contributed by atoms with Gasteiger partial charge in [-0.1, -0.05) is 0 Å². The molecular formula is C14H34O5Si3. The van der Waals surface area contributed by atoms with Gasteiger partial charge in [0, 0.05) is 14.2 Å². The lowest BCUT2D eigenvalue weighted by Crippen LogP contribution is -2.48. The second kappa shape index (κ2) is 9.24. The van der Waals surface area contributed by atoms with Gasteiger partial charge in [0.2, 0.25) is 0 Å². The molecule has 0 aliphatic rings. The molecular weight excluding hydrogens is 332 g/mol. The van der Waals surface area contributed by atoms with Crippen LogP contribution in [-0.4, -0.2) is 46.3 Å². The number of allylic oxidation sites excluding steroid dienone is 1. The first kappa shape index (κ1) is 21.9. The van der Waals surface area contributed by atoms with Crippen molar-refractivity contribution in [2.45, 2.75) is 58.7 Å². The van der Waals surface area contributed by atoms with Crippen LogP contribution in [0.3, 0.4) is 0 Å². The Morgan fingerprint density at radius 2 is 1.50 bits per heavy atom. The molecule has 0 amide bonds. The van der Waals surface area contributed by atoms with Gasteiger partial charge in [0.15, 0.2) is 8.32 Å². The van der Waals surface area contributed by atoms with Gasteiger partial charge in [-0.3, -0.25) is 0 Å². The van der Waals surface area contributed by atoms with Crippen LogP contribution < -0.4 is 0 Å². The first-order chi connectivity index (χ1) is 10.0. The molecule has 0 spiro atoms. The van der Waals surface area contributed by atoms with Crippen LogP contribution in [0.15, 0.2) is 12.0 Å². The molecule has 22 heavy (non-hydrogen) atoms. The molecule has 0 aliphatic carbocycles. The van der Waals surface area contributed by atoms with Crippen LogP contribution in [0.2, 0.25) is 44.8 Å². The molecule has 0 aromatic carbocycles. The van der Waals surface area contributed by atoms with E-state index in [1.807, 2.05) is 19.9 Å². The van der Waals surface area contributed by atoms with E-state index < -0.39 is 25.4 Å². The Morgan fingerprint density at radius 3 is 1.91 bits per heavy atom. The Balaban J connectivity index is 4.67. The molecule has 0 heterocycles. The molecule has 0 fully saturated rings. The third kappa shape index (κ3) is 8.49. The Hall–Kier alpha value is -0.129. The Morgan fingerprint density at radius 1 is 0.955 bits per heavy atom. The summed E-state index contributed by atoms with van der Waals surface area (Å²) in [6, 6.07) is 1.93. The third-order valence-electron chi connectivity index (χ3n) is 3.44. The van der Waals surface area contributed by atoms with Crippen LogP contribution in [0.4, 0.5) is 0 Å². The molecule has 0 aromatic rings. The van der Waals surface area contributed by atoms with Crippen LogP contribution in [-0.2, 0) is 22.1 Å². The molecule has 0 radical (unpaired) electrons. The largest absolute Gasteiger partial charge is 0.495 e. The van der Waals surface area contributed by atoms with Gasteiger partial charge in [0.05, 0.1) is 6.61 Å². The summed E-state index contributed by atoms with van der Waals surface area (Å²) in [5.74, 6) is 0.567. The zero-order valence-corrected chi connectivity index (χ0v) is 18.7. The molecule has 0 saturated carbocycles. The molecule has 0 atom stereocenters. The summed E-state index contributed by atoms with van der Waals surface area (Å²) in [4.78, 5) is 0. The highest BCUT2D eigenvalue weighted by Crippen LogP contribution is 2.26. The SMILES string of the molecule is C/C=C(/OCC)O[Si](C)(C)O[Si](C)(C)CC[Si](C)(OC)OC. The Kier molecular flexibility index (Phi) is 9.18. The van der Waals surface area contributed by atoms with E-state index in [0.717, 1.165) is 12.1 Å². The fraction of sp³-hybridized carbons (Fsp3) is 0.857. The van der Waals surface area contributed by atoms with Gasteiger partial charge in [0.1, 0.15) is 0 Å². The monoisotopic (exact) mass is 366 g/mol. The van der Waals surface area contributed by atoms with E-state index in [1.165, 1.54) is 0 Å². The second-order valence-electron chi connectivity index (χ2n) is 6.45. The summed E-state index contributed by atoms with van der Waals surface area (Å²) < 4.78 is 29.0. The van der Waals surface area contributed by atoms with E-state index in [1.54, 1.807) is 14.2 Å². The van der Waals surface area contributed by atoms with Crippen LogP contribution >= 0.6 is 0 Å². The molecule has 0 aliphatic heterocycles. The molecule has 0 unspecified atom stereocenters. The lowest BCUT2D eigenvalue weighted by Gasteiger charge is -2.35. The normalized spacial score (nSPS) is 14.1. The summed E-state index contributed by atoms with van der Waals surface area (Å²) in [7, 11) is -2.71. The standard InChI is InChI=1S/C14H34O5Si3/c1-10-14(17-11-2)18-21(7,8)19-20(5,6)12-13-22(9,15-3)16-4/h10H,11-13H2,1-9H3/b14-10-. The lowest BCUT2D eigenvalue weighted by molar-refractivity contribution is 0.0971. The van der Waals surface area contributed by atoms with E-state index in [0.29, 0.717) is 12.6 Å². The first-order valence-electron chi connectivity index (χ1n) is 7.81. The van der Waals surface area contributed by atoms with Crippen molar-refractivity contribution < 1.29 is 22.1 Å². The van der Waals surface area contributed by atoms with Gasteiger partial charge in [-0.05, 0) is 64.7 Å². The van der Waals surface area contributed by atoms with Crippen molar-refractivity contribution in [2.75, 3.05) is 20.8 Å². The van der Waals surface area contributed by atoms with E-state index >= 15 is 0 Å². The highest BCUT2D eigenvalue weighted by atomic mass is 28.4. The van der Waals surface area contributed by atoms with Gasteiger partial charge in [-0.2, -0.15) is 0 Å². The fourth-order valence-electron chi connectivity index (χ4n) is 2.11. The predicted molar refractivity (Wildman–Crippen MR) is 97.8 cm³/mol. The maximum Gasteiger partial charge on any atom is 0.385 e. The number of hydrogen-bond donors (Lipinski definition) is 0. The van der Waals surface area contributed by atoms with Crippen LogP contribution in [0, 0.1) is 0 Å². The molecule has 8 heteroatoms. The van der Waals surface area contributed by atoms with Gasteiger partial charge in [-0.25, -0.2) is 0 Å². The van der Waals surface area contributed by atoms with E-state index in [2.05, 4.69) is 32.7 Å².